The van der Waals surface area contributed by atoms with E-state index in [2.05, 4.69) is 31.2 Å². The zero-order valence-corrected chi connectivity index (χ0v) is 11.4. The lowest BCUT2D eigenvalue weighted by Gasteiger charge is -2.09. The van der Waals surface area contributed by atoms with Crippen LogP contribution in [0.5, 0.6) is 0 Å². The molecule has 0 aliphatic heterocycles. The van der Waals surface area contributed by atoms with Crippen LogP contribution in [0.25, 0.3) is 10.9 Å². The van der Waals surface area contributed by atoms with E-state index in [0.29, 0.717) is 11.5 Å². The lowest BCUT2D eigenvalue weighted by Crippen LogP contribution is -1.97. The van der Waals surface area contributed by atoms with Gasteiger partial charge < -0.3 is 5.32 Å². The minimum atomic E-state index is -0.314. The summed E-state index contributed by atoms with van der Waals surface area (Å²) in [5, 5.41) is 3.83. The van der Waals surface area contributed by atoms with Crippen LogP contribution >= 0.6 is 15.9 Å². The number of rotatable bonds is 2. The Labute approximate surface area is 117 Å². The standard InChI is InChI=1S/C14H9BrFN3/c15-9-5-6-10-13(7-9)17-8-18-14(10)19-12-4-2-1-3-11(12)16/h1-8H,(H,17,18,19). The van der Waals surface area contributed by atoms with Crippen LogP contribution in [0.1, 0.15) is 0 Å². The Morgan fingerprint density at radius 1 is 1.05 bits per heavy atom. The fraction of sp³-hybridized carbons (Fsp3) is 0. The van der Waals surface area contributed by atoms with Crippen molar-refractivity contribution in [3.63, 3.8) is 0 Å². The van der Waals surface area contributed by atoms with Crippen molar-refractivity contribution in [1.82, 2.24) is 9.97 Å². The zero-order valence-electron chi connectivity index (χ0n) is 9.77. The van der Waals surface area contributed by atoms with Crippen LogP contribution in [0.4, 0.5) is 15.9 Å². The van der Waals surface area contributed by atoms with Crippen LogP contribution in [0.15, 0.2) is 53.3 Å². The zero-order chi connectivity index (χ0) is 13.2. The Morgan fingerprint density at radius 3 is 2.74 bits per heavy atom. The molecular formula is C14H9BrFN3. The van der Waals surface area contributed by atoms with Gasteiger partial charge >= 0.3 is 0 Å². The van der Waals surface area contributed by atoms with Crippen molar-refractivity contribution in [1.29, 1.82) is 0 Å². The highest BCUT2D eigenvalue weighted by Gasteiger charge is 2.06. The maximum absolute atomic E-state index is 13.6. The van der Waals surface area contributed by atoms with E-state index in [4.69, 9.17) is 0 Å². The lowest BCUT2D eigenvalue weighted by molar-refractivity contribution is 0.632. The quantitative estimate of drug-likeness (QED) is 0.766. The summed E-state index contributed by atoms with van der Waals surface area (Å²) < 4.78 is 14.6. The molecule has 19 heavy (non-hydrogen) atoms. The molecule has 0 unspecified atom stereocenters. The molecule has 0 bridgehead atoms. The Hall–Kier alpha value is -2.01. The van der Waals surface area contributed by atoms with Gasteiger partial charge in [0.15, 0.2) is 0 Å². The molecule has 1 aromatic heterocycles. The van der Waals surface area contributed by atoms with Gasteiger partial charge in [0, 0.05) is 9.86 Å². The van der Waals surface area contributed by atoms with Crippen LogP contribution in [-0.2, 0) is 0 Å². The van der Waals surface area contributed by atoms with Gasteiger partial charge in [0.25, 0.3) is 0 Å². The molecule has 2 aromatic carbocycles. The number of nitrogens with zero attached hydrogens (tertiary/aromatic N) is 2. The number of nitrogens with one attached hydrogen (secondary N) is 1. The Morgan fingerprint density at radius 2 is 1.89 bits per heavy atom. The molecule has 3 nitrogen and oxygen atoms in total. The number of hydrogen-bond donors (Lipinski definition) is 1. The molecule has 0 radical (unpaired) electrons. The summed E-state index contributed by atoms with van der Waals surface area (Å²) in [5.41, 5.74) is 1.19. The number of para-hydroxylation sites is 1. The number of fused-ring (bicyclic) bond motifs is 1. The van der Waals surface area contributed by atoms with Gasteiger partial charge in [-0.15, -0.1) is 0 Å². The van der Waals surface area contributed by atoms with Gasteiger partial charge in [0.05, 0.1) is 11.2 Å². The predicted octanol–water partition coefficient (Wildman–Crippen LogP) is 4.28. The lowest BCUT2D eigenvalue weighted by atomic mass is 10.2. The van der Waals surface area contributed by atoms with Crippen LogP contribution in [0, 0.1) is 5.82 Å². The second-order valence-electron chi connectivity index (χ2n) is 3.99. The summed E-state index contributed by atoms with van der Waals surface area (Å²) in [6.45, 7) is 0. The SMILES string of the molecule is Fc1ccccc1Nc1ncnc2cc(Br)ccc12. The molecule has 0 amide bonds. The third-order valence-corrected chi connectivity index (χ3v) is 3.22. The first-order chi connectivity index (χ1) is 9.24. The molecule has 5 heteroatoms. The van der Waals surface area contributed by atoms with E-state index in [9.17, 15) is 4.39 Å². The monoisotopic (exact) mass is 317 g/mol. The van der Waals surface area contributed by atoms with E-state index in [1.165, 1.54) is 12.4 Å². The Kier molecular flexibility index (Phi) is 3.13. The third-order valence-electron chi connectivity index (χ3n) is 2.73. The minimum absolute atomic E-state index is 0.314. The maximum atomic E-state index is 13.6. The molecule has 0 saturated heterocycles. The van der Waals surface area contributed by atoms with Gasteiger partial charge in [0.2, 0.25) is 0 Å². The molecule has 1 heterocycles. The molecule has 94 valence electrons. The molecule has 0 fully saturated rings. The maximum Gasteiger partial charge on any atom is 0.146 e. The van der Waals surface area contributed by atoms with E-state index in [0.717, 1.165) is 15.4 Å². The molecule has 0 aliphatic carbocycles. The van der Waals surface area contributed by atoms with Gasteiger partial charge in [-0.3, -0.25) is 0 Å². The van der Waals surface area contributed by atoms with Gasteiger partial charge in [-0.05, 0) is 30.3 Å². The highest BCUT2D eigenvalue weighted by atomic mass is 79.9. The molecule has 1 N–H and O–H groups in total. The molecular weight excluding hydrogens is 309 g/mol. The van der Waals surface area contributed by atoms with Crippen LogP contribution < -0.4 is 5.32 Å². The van der Waals surface area contributed by atoms with E-state index in [1.807, 2.05) is 18.2 Å². The van der Waals surface area contributed by atoms with Gasteiger partial charge in [-0.1, -0.05) is 28.1 Å². The number of hydrogen-bond acceptors (Lipinski definition) is 3. The first-order valence-electron chi connectivity index (χ1n) is 5.66. The van der Waals surface area contributed by atoms with Crippen molar-refractivity contribution in [3.8, 4) is 0 Å². The minimum Gasteiger partial charge on any atom is -0.337 e. The fourth-order valence-electron chi connectivity index (χ4n) is 1.82. The van der Waals surface area contributed by atoms with E-state index in [1.54, 1.807) is 18.2 Å². The van der Waals surface area contributed by atoms with Crippen molar-refractivity contribution in [2.24, 2.45) is 0 Å². The van der Waals surface area contributed by atoms with Gasteiger partial charge in [-0.25, -0.2) is 14.4 Å². The van der Waals surface area contributed by atoms with Crippen LogP contribution in [-0.4, -0.2) is 9.97 Å². The first kappa shape index (κ1) is 12.0. The highest BCUT2D eigenvalue weighted by molar-refractivity contribution is 9.10. The second kappa shape index (κ2) is 4.93. The number of aromatic nitrogens is 2. The second-order valence-corrected chi connectivity index (χ2v) is 4.90. The van der Waals surface area contributed by atoms with E-state index in [-0.39, 0.29) is 5.82 Å². The summed E-state index contributed by atoms with van der Waals surface area (Å²) in [6.07, 6.45) is 1.46. The normalized spacial score (nSPS) is 10.6. The summed E-state index contributed by atoms with van der Waals surface area (Å²) in [6, 6.07) is 12.2. The van der Waals surface area contributed by atoms with E-state index >= 15 is 0 Å². The molecule has 0 saturated carbocycles. The molecule has 0 aliphatic rings. The first-order valence-corrected chi connectivity index (χ1v) is 6.45. The van der Waals surface area contributed by atoms with Crippen LogP contribution in [0.3, 0.4) is 0 Å². The summed E-state index contributed by atoms with van der Waals surface area (Å²) in [4.78, 5) is 8.36. The summed E-state index contributed by atoms with van der Waals surface area (Å²) >= 11 is 3.39. The topological polar surface area (TPSA) is 37.8 Å². The number of halogens is 2. The molecule has 0 atom stereocenters. The van der Waals surface area contributed by atoms with Gasteiger partial charge in [0.1, 0.15) is 18.0 Å². The number of anilines is 2. The smallest absolute Gasteiger partial charge is 0.146 e. The average molecular weight is 318 g/mol. The average Bonchev–Trinajstić information content (AvgIpc) is 2.41. The Balaban J connectivity index is 2.09. The van der Waals surface area contributed by atoms with Crippen molar-refractivity contribution in [2.45, 2.75) is 0 Å². The largest absolute Gasteiger partial charge is 0.337 e. The van der Waals surface area contributed by atoms with Crippen molar-refractivity contribution < 1.29 is 4.39 Å². The number of benzene rings is 2. The Bertz CT molecular complexity index is 746. The highest BCUT2D eigenvalue weighted by Crippen LogP contribution is 2.26. The van der Waals surface area contributed by atoms with Crippen molar-refractivity contribution in [2.75, 3.05) is 5.32 Å². The summed E-state index contributed by atoms with van der Waals surface area (Å²) in [5.74, 6) is 0.272. The molecule has 3 aromatic rings. The third kappa shape index (κ3) is 2.42. The molecule has 0 spiro atoms. The van der Waals surface area contributed by atoms with Crippen LogP contribution in [0.2, 0.25) is 0 Å². The summed E-state index contributed by atoms with van der Waals surface area (Å²) in [7, 11) is 0. The van der Waals surface area contributed by atoms with Crippen molar-refractivity contribution >= 4 is 38.3 Å². The van der Waals surface area contributed by atoms with E-state index < -0.39 is 0 Å². The predicted molar refractivity (Wildman–Crippen MR) is 76.9 cm³/mol. The van der Waals surface area contributed by atoms with Crippen molar-refractivity contribution in [3.05, 3.63) is 59.1 Å². The fourth-order valence-corrected chi connectivity index (χ4v) is 2.17. The molecule has 3 rings (SSSR count). The van der Waals surface area contributed by atoms with Gasteiger partial charge in [-0.2, -0.15) is 0 Å².